The third-order valence-electron chi connectivity index (χ3n) is 2.67. The Hall–Kier alpha value is -2.13. The van der Waals surface area contributed by atoms with Gasteiger partial charge >= 0.3 is 5.97 Å². The molecule has 9 heteroatoms. The van der Waals surface area contributed by atoms with Gasteiger partial charge in [0.1, 0.15) is 0 Å². The van der Waals surface area contributed by atoms with Gasteiger partial charge in [0.2, 0.25) is 0 Å². The molecular weight excluding hydrogens is 340 g/mol. The molecule has 7 nitrogen and oxygen atoms in total. The van der Waals surface area contributed by atoms with E-state index < -0.39 is 12.6 Å². The molecule has 1 aromatic carbocycles. The zero-order chi connectivity index (χ0) is 16.8. The number of nitrogens with zero attached hydrogens (tertiary/aromatic N) is 2. The lowest BCUT2D eigenvalue weighted by Crippen LogP contribution is -2.22. The fourth-order valence-electron chi connectivity index (χ4n) is 1.72. The van der Waals surface area contributed by atoms with Gasteiger partial charge in [0.05, 0.1) is 18.6 Å². The maximum Gasteiger partial charge on any atom is 0.341 e. The number of rotatable bonds is 7. The Bertz CT molecular complexity index is 647. The lowest BCUT2D eigenvalue weighted by atomic mass is 10.2. The summed E-state index contributed by atoms with van der Waals surface area (Å²) in [6.07, 6.45) is 1.49. The zero-order valence-corrected chi connectivity index (χ0v) is 13.9. The molecule has 1 aliphatic rings. The molecule has 1 N–H and O–H groups in total. The second-order valence-electron chi connectivity index (χ2n) is 4.33. The van der Waals surface area contributed by atoms with Gasteiger partial charge in [-0.1, -0.05) is 24.0 Å². The van der Waals surface area contributed by atoms with E-state index in [1.807, 2.05) is 0 Å². The van der Waals surface area contributed by atoms with E-state index in [-0.39, 0.29) is 5.91 Å². The number of hydrogen-bond acceptors (Lipinski definition) is 7. The third kappa shape index (κ3) is 4.67. The van der Waals surface area contributed by atoms with Crippen molar-refractivity contribution in [3.63, 3.8) is 0 Å². The standard InChI is InChI=1S/C14H14N2O5S2/c1-2-20-11-5-9(3-4-10(11)21-7-13(18)19)6-15-16-12(17)8-23-14(16)22/h3-6H,2,7-8H2,1H3,(H,18,19)/b15-6+. The average Bonchev–Trinajstić information content (AvgIpc) is 2.83. The van der Waals surface area contributed by atoms with Crippen LogP contribution in [0.3, 0.4) is 0 Å². The quantitative estimate of drug-likeness (QED) is 0.589. The Balaban J connectivity index is 2.16. The molecule has 23 heavy (non-hydrogen) atoms. The second-order valence-corrected chi connectivity index (χ2v) is 5.94. The van der Waals surface area contributed by atoms with Crippen molar-refractivity contribution in [1.29, 1.82) is 0 Å². The number of thiocarbonyl (C=S) groups is 1. The molecule has 2 rings (SSSR count). The minimum atomic E-state index is -1.07. The number of hydrogen-bond donors (Lipinski definition) is 1. The second kappa shape index (κ2) is 7.93. The lowest BCUT2D eigenvalue weighted by molar-refractivity contribution is -0.139. The van der Waals surface area contributed by atoms with Crippen molar-refractivity contribution < 1.29 is 24.2 Å². The van der Waals surface area contributed by atoms with Gasteiger partial charge in [0.15, 0.2) is 22.4 Å². The van der Waals surface area contributed by atoms with Gasteiger partial charge in [-0.25, -0.2) is 4.79 Å². The van der Waals surface area contributed by atoms with E-state index in [1.54, 1.807) is 25.1 Å². The van der Waals surface area contributed by atoms with E-state index in [4.69, 9.17) is 26.8 Å². The Kier molecular flexibility index (Phi) is 5.94. The summed E-state index contributed by atoms with van der Waals surface area (Å²) in [5, 5.41) is 13.9. The van der Waals surface area contributed by atoms with Gasteiger partial charge in [-0.3, -0.25) is 4.79 Å². The molecule has 122 valence electrons. The molecular formula is C14H14N2O5S2. The monoisotopic (exact) mass is 354 g/mol. The summed E-state index contributed by atoms with van der Waals surface area (Å²) >= 11 is 6.30. The maximum absolute atomic E-state index is 11.6. The summed E-state index contributed by atoms with van der Waals surface area (Å²) in [4.78, 5) is 22.2. The van der Waals surface area contributed by atoms with Crippen LogP contribution in [-0.2, 0) is 9.59 Å². The SMILES string of the molecule is CCOc1cc(/C=N/N2C(=O)CSC2=S)ccc1OCC(=O)O. The molecule has 0 saturated carbocycles. The molecule has 1 aliphatic heterocycles. The van der Waals surface area contributed by atoms with Crippen LogP contribution >= 0.6 is 24.0 Å². The van der Waals surface area contributed by atoms with E-state index >= 15 is 0 Å². The van der Waals surface area contributed by atoms with Gasteiger partial charge in [0, 0.05) is 0 Å². The number of hydrazone groups is 1. The molecule has 1 saturated heterocycles. The fraction of sp³-hybridized carbons (Fsp3) is 0.286. The molecule has 1 amide bonds. The van der Waals surface area contributed by atoms with Crippen LogP contribution in [0.25, 0.3) is 0 Å². The highest BCUT2D eigenvalue weighted by Gasteiger charge is 2.25. The smallest absolute Gasteiger partial charge is 0.341 e. The van der Waals surface area contributed by atoms with E-state index in [0.29, 0.717) is 33.7 Å². The molecule has 1 heterocycles. The Morgan fingerprint density at radius 3 is 2.87 bits per heavy atom. The summed E-state index contributed by atoms with van der Waals surface area (Å²) in [5.41, 5.74) is 0.670. The number of carboxylic acid groups (broad SMARTS) is 1. The van der Waals surface area contributed by atoms with Crippen LogP contribution in [0.5, 0.6) is 11.5 Å². The molecule has 0 aromatic heterocycles. The molecule has 0 atom stereocenters. The number of benzene rings is 1. The van der Waals surface area contributed by atoms with Crippen LogP contribution in [0.1, 0.15) is 12.5 Å². The number of ether oxygens (including phenoxy) is 2. The van der Waals surface area contributed by atoms with Gasteiger partial charge in [-0.15, -0.1) is 0 Å². The summed E-state index contributed by atoms with van der Waals surface area (Å²) < 4.78 is 11.0. The molecule has 0 radical (unpaired) electrons. The van der Waals surface area contributed by atoms with E-state index in [1.165, 1.54) is 23.0 Å². The number of carbonyl (C=O) groups excluding carboxylic acids is 1. The summed E-state index contributed by atoms with van der Waals surface area (Å²) in [5.74, 6) is -0.209. The Morgan fingerprint density at radius 2 is 2.26 bits per heavy atom. The highest BCUT2D eigenvalue weighted by Crippen LogP contribution is 2.28. The summed E-state index contributed by atoms with van der Waals surface area (Å²) in [6, 6.07) is 4.93. The van der Waals surface area contributed by atoms with Gasteiger partial charge in [-0.2, -0.15) is 10.1 Å². The van der Waals surface area contributed by atoms with Crippen molar-refractivity contribution in [1.82, 2.24) is 5.01 Å². The van der Waals surface area contributed by atoms with Crippen molar-refractivity contribution in [2.75, 3.05) is 19.0 Å². The Morgan fingerprint density at radius 1 is 1.48 bits per heavy atom. The number of thioether (sulfide) groups is 1. The molecule has 1 fully saturated rings. The van der Waals surface area contributed by atoms with Crippen molar-refractivity contribution in [3.8, 4) is 11.5 Å². The first-order chi connectivity index (χ1) is 11.0. The lowest BCUT2D eigenvalue weighted by Gasteiger charge is -2.11. The van der Waals surface area contributed by atoms with Crippen LogP contribution in [0, 0.1) is 0 Å². The largest absolute Gasteiger partial charge is 0.490 e. The molecule has 1 aromatic rings. The minimum Gasteiger partial charge on any atom is -0.490 e. The molecule has 0 aliphatic carbocycles. The fourth-order valence-corrected chi connectivity index (χ4v) is 2.68. The first-order valence-corrected chi connectivity index (χ1v) is 8.05. The van der Waals surface area contributed by atoms with Crippen molar-refractivity contribution in [2.45, 2.75) is 6.92 Å². The predicted octanol–water partition coefficient (Wildman–Crippen LogP) is 1.74. The predicted molar refractivity (Wildman–Crippen MR) is 90.2 cm³/mol. The minimum absolute atomic E-state index is 0.164. The third-order valence-corrected chi connectivity index (χ3v) is 4.01. The highest BCUT2D eigenvalue weighted by atomic mass is 32.2. The highest BCUT2D eigenvalue weighted by molar-refractivity contribution is 8.23. The normalized spacial score (nSPS) is 14.6. The van der Waals surface area contributed by atoms with Crippen LogP contribution in [0.4, 0.5) is 0 Å². The average molecular weight is 354 g/mol. The van der Waals surface area contributed by atoms with Gasteiger partial charge in [0.25, 0.3) is 5.91 Å². The molecule has 0 unspecified atom stereocenters. The van der Waals surface area contributed by atoms with E-state index in [2.05, 4.69) is 5.10 Å². The van der Waals surface area contributed by atoms with Crippen molar-refractivity contribution >= 4 is 46.4 Å². The first kappa shape index (κ1) is 17.2. The summed E-state index contributed by atoms with van der Waals surface area (Å²) in [7, 11) is 0. The molecule has 0 spiro atoms. The number of carbonyl (C=O) groups is 2. The van der Waals surface area contributed by atoms with Gasteiger partial charge < -0.3 is 14.6 Å². The topological polar surface area (TPSA) is 88.4 Å². The molecule has 0 bridgehead atoms. The van der Waals surface area contributed by atoms with Crippen molar-refractivity contribution in [2.24, 2.45) is 5.10 Å². The van der Waals surface area contributed by atoms with E-state index in [9.17, 15) is 9.59 Å². The van der Waals surface area contributed by atoms with Gasteiger partial charge in [-0.05, 0) is 30.7 Å². The zero-order valence-electron chi connectivity index (χ0n) is 12.2. The number of carboxylic acids is 1. The number of aliphatic carboxylic acids is 1. The van der Waals surface area contributed by atoms with E-state index in [0.717, 1.165) is 0 Å². The first-order valence-electron chi connectivity index (χ1n) is 6.66. The summed E-state index contributed by atoms with van der Waals surface area (Å²) in [6.45, 7) is 1.75. The Labute approximate surface area is 142 Å². The maximum atomic E-state index is 11.6. The number of amides is 1. The van der Waals surface area contributed by atoms with Crippen molar-refractivity contribution in [3.05, 3.63) is 23.8 Å². The van der Waals surface area contributed by atoms with Crippen LogP contribution in [-0.4, -0.2) is 51.5 Å². The van der Waals surface area contributed by atoms with Crippen LogP contribution in [0.15, 0.2) is 23.3 Å². The van der Waals surface area contributed by atoms with Crippen LogP contribution in [0.2, 0.25) is 0 Å². The van der Waals surface area contributed by atoms with Crippen LogP contribution < -0.4 is 9.47 Å².